The van der Waals surface area contributed by atoms with Gasteiger partial charge in [0.05, 0.1) is 29.6 Å². The van der Waals surface area contributed by atoms with Gasteiger partial charge >= 0.3 is 5.97 Å². The zero-order chi connectivity index (χ0) is 24.5. The molecule has 2 aliphatic rings. The minimum atomic E-state index is -2.02. The lowest BCUT2D eigenvalue weighted by Crippen LogP contribution is -2.07. The van der Waals surface area contributed by atoms with E-state index in [9.17, 15) is 18.8 Å². The molecule has 5 rings (SSSR count). The van der Waals surface area contributed by atoms with Gasteiger partial charge in [0.25, 0.3) is 0 Å². The van der Waals surface area contributed by atoms with E-state index in [4.69, 9.17) is 14.6 Å². The Bertz CT molecular complexity index is 1360. The van der Waals surface area contributed by atoms with E-state index >= 15 is 0 Å². The normalized spacial score (nSPS) is 18.7. The van der Waals surface area contributed by atoms with E-state index < -0.39 is 17.0 Å². The first-order valence-corrected chi connectivity index (χ1v) is 12.4. The van der Waals surface area contributed by atoms with Gasteiger partial charge in [0.2, 0.25) is 0 Å². The predicted molar refractivity (Wildman–Crippen MR) is 128 cm³/mol. The van der Waals surface area contributed by atoms with Crippen molar-refractivity contribution in [2.24, 2.45) is 0 Å². The van der Waals surface area contributed by atoms with Gasteiger partial charge < -0.3 is 19.1 Å². The number of benzene rings is 3. The predicted octanol–water partition coefficient (Wildman–Crippen LogP) is 4.75. The molecule has 1 unspecified atom stereocenters. The van der Waals surface area contributed by atoms with Gasteiger partial charge in [-0.25, -0.2) is 4.21 Å². The fourth-order valence-corrected chi connectivity index (χ4v) is 5.34. The molecule has 1 aliphatic carbocycles. The summed E-state index contributed by atoms with van der Waals surface area (Å²) in [5.41, 5.74) is 5.60. The molecule has 1 heterocycles. The Morgan fingerprint density at radius 2 is 1.91 bits per heavy atom. The van der Waals surface area contributed by atoms with Crippen molar-refractivity contribution in [1.29, 1.82) is 5.26 Å². The van der Waals surface area contributed by atoms with Crippen LogP contribution in [-0.4, -0.2) is 26.4 Å². The summed E-state index contributed by atoms with van der Waals surface area (Å²) in [6.07, 6.45) is 1.98. The lowest BCUT2D eigenvalue weighted by atomic mass is 9.92. The first-order valence-electron chi connectivity index (χ1n) is 11.3. The van der Waals surface area contributed by atoms with Crippen LogP contribution in [0.4, 0.5) is 0 Å². The van der Waals surface area contributed by atoms with Crippen LogP contribution in [0.2, 0.25) is 0 Å². The second kappa shape index (κ2) is 9.53. The molecule has 0 aromatic heterocycles. The van der Waals surface area contributed by atoms with E-state index in [1.54, 1.807) is 12.1 Å². The molecule has 0 amide bonds. The van der Waals surface area contributed by atoms with E-state index in [1.165, 1.54) is 0 Å². The Balaban J connectivity index is 1.38. The van der Waals surface area contributed by atoms with E-state index in [0.717, 1.165) is 40.7 Å². The van der Waals surface area contributed by atoms with Gasteiger partial charge in [-0.05, 0) is 65.8 Å². The SMILES string of the molecule is N#Cc1ccc2c(c1Cc1ccc(S(=O)O)cc1)CC[C@H]2Oc1ccc2c(c1)OC[C@H]2CC(=O)O. The number of carboxylic acids is 1. The van der Waals surface area contributed by atoms with Gasteiger partial charge in [-0.15, -0.1) is 0 Å². The number of nitrogens with zero attached hydrogens (tertiary/aromatic N) is 1. The summed E-state index contributed by atoms with van der Waals surface area (Å²) in [7, 11) is 0. The summed E-state index contributed by atoms with van der Waals surface area (Å²) in [6, 6.07) is 18.5. The fraction of sp³-hybridized carbons (Fsp3) is 0.259. The summed E-state index contributed by atoms with van der Waals surface area (Å²) >= 11 is -2.02. The first kappa shape index (κ1) is 23.1. The van der Waals surface area contributed by atoms with Crippen molar-refractivity contribution in [3.05, 3.63) is 88.0 Å². The third-order valence-corrected chi connectivity index (χ3v) is 7.34. The number of hydrogen-bond acceptors (Lipinski definition) is 5. The van der Waals surface area contributed by atoms with E-state index in [0.29, 0.717) is 35.0 Å². The molecule has 2 N–H and O–H groups in total. The van der Waals surface area contributed by atoms with Crippen LogP contribution in [0.1, 0.15) is 58.2 Å². The minimum absolute atomic E-state index is 0.0355. The number of fused-ring (bicyclic) bond motifs is 2. The number of carboxylic acid groups (broad SMARTS) is 1. The summed E-state index contributed by atoms with van der Waals surface area (Å²) < 4.78 is 32.5. The first-order chi connectivity index (χ1) is 16.9. The van der Waals surface area contributed by atoms with E-state index in [2.05, 4.69) is 6.07 Å². The highest BCUT2D eigenvalue weighted by molar-refractivity contribution is 7.79. The van der Waals surface area contributed by atoms with Crippen LogP contribution in [0.3, 0.4) is 0 Å². The van der Waals surface area contributed by atoms with Gasteiger partial charge in [0.15, 0.2) is 11.1 Å². The van der Waals surface area contributed by atoms with Crippen LogP contribution < -0.4 is 9.47 Å². The maximum Gasteiger partial charge on any atom is 0.304 e. The summed E-state index contributed by atoms with van der Waals surface area (Å²) in [4.78, 5) is 11.4. The van der Waals surface area contributed by atoms with Crippen molar-refractivity contribution in [1.82, 2.24) is 0 Å². The number of carbonyl (C=O) groups is 1. The molecule has 7 nitrogen and oxygen atoms in total. The Kier molecular flexibility index (Phi) is 6.29. The van der Waals surface area contributed by atoms with Crippen molar-refractivity contribution >= 4 is 17.0 Å². The molecule has 0 saturated carbocycles. The zero-order valence-corrected chi connectivity index (χ0v) is 19.6. The van der Waals surface area contributed by atoms with Crippen molar-refractivity contribution in [2.45, 2.75) is 42.6 Å². The largest absolute Gasteiger partial charge is 0.492 e. The molecule has 3 aromatic rings. The maximum atomic E-state index is 11.3. The number of rotatable bonds is 7. The maximum absolute atomic E-state index is 11.3. The quantitative estimate of drug-likeness (QED) is 0.460. The Hall–Kier alpha value is -3.67. The van der Waals surface area contributed by atoms with E-state index in [1.807, 2.05) is 42.5 Å². The van der Waals surface area contributed by atoms with Crippen LogP contribution in [0.5, 0.6) is 11.5 Å². The van der Waals surface area contributed by atoms with Gasteiger partial charge in [-0.3, -0.25) is 4.79 Å². The molecule has 0 spiro atoms. The van der Waals surface area contributed by atoms with E-state index in [-0.39, 0.29) is 18.4 Å². The van der Waals surface area contributed by atoms with Crippen LogP contribution in [0, 0.1) is 11.3 Å². The summed E-state index contributed by atoms with van der Waals surface area (Å²) in [5, 5.41) is 18.8. The van der Waals surface area contributed by atoms with Crippen molar-refractivity contribution < 1.29 is 28.1 Å². The molecule has 0 radical (unpaired) electrons. The highest BCUT2D eigenvalue weighted by Crippen LogP contribution is 2.42. The number of nitriles is 1. The van der Waals surface area contributed by atoms with Crippen LogP contribution in [-0.2, 0) is 28.7 Å². The lowest BCUT2D eigenvalue weighted by Gasteiger charge is -2.17. The minimum Gasteiger partial charge on any atom is -0.492 e. The lowest BCUT2D eigenvalue weighted by molar-refractivity contribution is -0.137. The van der Waals surface area contributed by atoms with Crippen LogP contribution in [0.25, 0.3) is 0 Å². The molecule has 8 heteroatoms. The monoisotopic (exact) mass is 489 g/mol. The highest BCUT2D eigenvalue weighted by Gasteiger charge is 2.30. The average molecular weight is 490 g/mol. The molecule has 0 saturated heterocycles. The number of ether oxygens (including phenoxy) is 2. The average Bonchev–Trinajstić information content (AvgIpc) is 3.43. The molecule has 3 atom stereocenters. The third kappa shape index (κ3) is 4.65. The Morgan fingerprint density at radius 3 is 2.63 bits per heavy atom. The van der Waals surface area contributed by atoms with Gasteiger partial charge in [-0.2, -0.15) is 5.26 Å². The Labute approximate surface area is 205 Å². The van der Waals surface area contributed by atoms with Gasteiger partial charge in [0, 0.05) is 17.5 Å². The van der Waals surface area contributed by atoms with Crippen LogP contribution >= 0.6 is 0 Å². The molecule has 35 heavy (non-hydrogen) atoms. The molecular formula is C27H23NO6S. The topological polar surface area (TPSA) is 117 Å². The fourth-order valence-electron chi connectivity index (χ4n) is 4.97. The molecule has 178 valence electrons. The molecular weight excluding hydrogens is 466 g/mol. The number of aliphatic carboxylic acids is 1. The standard InChI is InChI=1S/C27H23NO6S/c28-14-17-3-7-23-22(24(17)11-16-1-5-20(6-2-16)35(31)32)9-10-25(23)34-19-4-8-21-18(12-27(29)30)15-33-26(21)13-19/h1-8,13,18,25H,9-12,15H2,(H,29,30)(H,31,32)/t18-,25-/m1/s1. The van der Waals surface area contributed by atoms with Crippen molar-refractivity contribution in [2.75, 3.05) is 6.61 Å². The van der Waals surface area contributed by atoms with Gasteiger partial charge in [-0.1, -0.05) is 24.3 Å². The number of hydrogen-bond donors (Lipinski definition) is 2. The van der Waals surface area contributed by atoms with Crippen molar-refractivity contribution in [3.63, 3.8) is 0 Å². The molecule has 0 fully saturated rings. The Morgan fingerprint density at radius 1 is 1.14 bits per heavy atom. The molecule has 1 aliphatic heterocycles. The second-order valence-electron chi connectivity index (χ2n) is 8.79. The third-order valence-electron chi connectivity index (χ3n) is 6.66. The smallest absolute Gasteiger partial charge is 0.304 e. The summed E-state index contributed by atoms with van der Waals surface area (Å²) in [6.45, 7) is 0.354. The second-order valence-corrected chi connectivity index (χ2v) is 9.76. The zero-order valence-electron chi connectivity index (χ0n) is 18.8. The highest BCUT2D eigenvalue weighted by atomic mass is 32.2. The molecule has 3 aromatic carbocycles. The van der Waals surface area contributed by atoms with Gasteiger partial charge in [0.1, 0.15) is 17.6 Å². The van der Waals surface area contributed by atoms with Crippen molar-refractivity contribution in [3.8, 4) is 17.6 Å². The summed E-state index contributed by atoms with van der Waals surface area (Å²) in [5.74, 6) is 0.333. The van der Waals surface area contributed by atoms with Crippen LogP contribution in [0.15, 0.2) is 59.5 Å². The molecule has 0 bridgehead atoms.